The van der Waals surface area contributed by atoms with E-state index in [0.29, 0.717) is 6.42 Å². The Balaban J connectivity index is 2.78. The smallest absolute Gasteiger partial charge is 0.260 e. The molecule has 1 saturated carbocycles. The summed E-state index contributed by atoms with van der Waals surface area (Å²) >= 11 is 0. The molecule has 0 bridgehead atoms. The fraction of sp³-hybridized carbons (Fsp3) is 0.667. The van der Waals surface area contributed by atoms with Crippen LogP contribution in [0.25, 0.3) is 0 Å². The lowest BCUT2D eigenvalue weighted by Gasteiger charge is -2.31. The van der Waals surface area contributed by atoms with E-state index in [-0.39, 0.29) is 12.8 Å². The highest BCUT2D eigenvalue weighted by Gasteiger charge is 2.51. The van der Waals surface area contributed by atoms with E-state index in [4.69, 9.17) is 0 Å². The minimum atomic E-state index is -1.89. The van der Waals surface area contributed by atoms with Crippen molar-refractivity contribution in [1.29, 1.82) is 0 Å². The molecule has 0 heterocycles. The molecular formula is C6H6F2O2. The van der Waals surface area contributed by atoms with E-state index in [1.807, 2.05) is 0 Å². The van der Waals surface area contributed by atoms with Crippen molar-refractivity contribution in [3.63, 3.8) is 0 Å². The van der Waals surface area contributed by atoms with Crippen LogP contribution in [0.15, 0.2) is 0 Å². The largest absolute Gasteiger partial charge is 0.317 e. The molecule has 0 spiro atoms. The first-order valence-electron chi connectivity index (χ1n) is 2.99. The van der Waals surface area contributed by atoms with E-state index < -0.39 is 17.5 Å². The maximum absolute atomic E-state index is 12.0. The number of halogens is 2. The molecule has 0 aromatic rings. The van der Waals surface area contributed by atoms with Crippen molar-refractivity contribution in [2.24, 2.45) is 5.41 Å². The lowest BCUT2D eigenvalue weighted by molar-refractivity contribution is -0.160. The lowest BCUT2D eigenvalue weighted by atomic mass is 9.70. The van der Waals surface area contributed by atoms with Crippen LogP contribution in [0.3, 0.4) is 0 Å². The summed E-state index contributed by atoms with van der Waals surface area (Å²) in [5.41, 5.74) is -1.89. The molecule has 0 aromatic carbocycles. The quantitative estimate of drug-likeness (QED) is 0.434. The first-order valence-corrected chi connectivity index (χ1v) is 2.99. The first kappa shape index (κ1) is 7.31. The summed E-state index contributed by atoms with van der Waals surface area (Å²) in [5, 5.41) is 0. The second-order valence-corrected chi connectivity index (χ2v) is 2.48. The van der Waals surface area contributed by atoms with Crippen LogP contribution in [0.1, 0.15) is 19.3 Å². The average molecular weight is 148 g/mol. The van der Waals surface area contributed by atoms with Gasteiger partial charge in [-0.05, 0) is 12.8 Å². The fourth-order valence-electron chi connectivity index (χ4n) is 1.00. The van der Waals surface area contributed by atoms with Gasteiger partial charge < -0.3 is 0 Å². The molecule has 0 aliphatic heterocycles. The van der Waals surface area contributed by atoms with Crippen molar-refractivity contribution in [3.05, 3.63) is 0 Å². The maximum Gasteiger partial charge on any atom is 0.317 e. The zero-order chi connectivity index (χ0) is 7.78. The third-order valence-electron chi connectivity index (χ3n) is 1.96. The second-order valence-electron chi connectivity index (χ2n) is 2.48. The van der Waals surface area contributed by atoms with Crippen LogP contribution in [-0.4, -0.2) is 12.1 Å². The lowest BCUT2D eigenvalue weighted by Crippen LogP contribution is -2.41. The Morgan fingerprint density at radius 2 is 1.50 bits per heavy atom. The Morgan fingerprint density at radius 3 is 1.50 bits per heavy atom. The Bertz CT molecular complexity index is 168. The predicted molar refractivity (Wildman–Crippen MR) is 28.5 cm³/mol. The van der Waals surface area contributed by atoms with Crippen LogP contribution in [0.4, 0.5) is 8.78 Å². The van der Waals surface area contributed by atoms with Gasteiger partial charge in [-0.3, -0.25) is 9.59 Å². The van der Waals surface area contributed by atoms with Crippen LogP contribution in [0.5, 0.6) is 0 Å². The molecule has 0 saturated heterocycles. The summed E-state index contributed by atoms with van der Waals surface area (Å²) in [6.07, 6.45) is 0.598. The van der Waals surface area contributed by atoms with Crippen LogP contribution in [0.2, 0.25) is 0 Å². The first-order chi connectivity index (χ1) is 4.59. The maximum atomic E-state index is 12.0. The van der Waals surface area contributed by atoms with Crippen LogP contribution < -0.4 is 0 Å². The van der Waals surface area contributed by atoms with Crippen LogP contribution in [0, 0.1) is 5.41 Å². The summed E-state index contributed by atoms with van der Waals surface area (Å²) in [6, 6.07) is -3.66. The summed E-state index contributed by atoms with van der Waals surface area (Å²) in [4.78, 5) is 20.1. The van der Waals surface area contributed by atoms with E-state index in [2.05, 4.69) is 0 Å². The molecule has 0 N–H and O–H groups in total. The van der Waals surface area contributed by atoms with Gasteiger partial charge in [0, 0.05) is 0 Å². The Labute approximate surface area is 56.2 Å². The molecule has 10 heavy (non-hydrogen) atoms. The zero-order valence-electron chi connectivity index (χ0n) is 5.19. The van der Waals surface area contributed by atoms with Crippen molar-refractivity contribution in [1.82, 2.24) is 0 Å². The normalized spacial score (nSPS) is 21.4. The van der Waals surface area contributed by atoms with E-state index >= 15 is 0 Å². The second kappa shape index (κ2) is 2.11. The Hall–Kier alpha value is -0.800. The van der Waals surface area contributed by atoms with Gasteiger partial charge in [-0.25, -0.2) is 0 Å². The van der Waals surface area contributed by atoms with Gasteiger partial charge in [0.1, 0.15) is 0 Å². The van der Waals surface area contributed by atoms with E-state index in [9.17, 15) is 18.4 Å². The van der Waals surface area contributed by atoms with Gasteiger partial charge in [-0.1, -0.05) is 6.42 Å². The predicted octanol–water partition coefficient (Wildman–Crippen LogP) is 1.15. The number of carbonyl (C=O) groups excluding carboxylic acids is 2. The highest BCUT2D eigenvalue weighted by Crippen LogP contribution is 2.43. The number of rotatable bonds is 2. The van der Waals surface area contributed by atoms with E-state index in [1.165, 1.54) is 0 Å². The number of hydrogen-bond acceptors (Lipinski definition) is 2. The van der Waals surface area contributed by atoms with E-state index in [1.54, 1.807) is 0 Å². The third kappa shape index (κ3) is 0.751. The molecule has 1 fully saturated rings. The van der Waals surface area contributed by atoms with Gasteiger partial charge in [0.2, 0.25) is 0 Å². The van der Waals surface area contributed by atoms with E-state index in [0.717, 1.165) is 0 Å². The van der Waals surface area contributed by atoms with Crippen molar-refractivity contribution in [3.8, 4) is 0 Å². The molecule has 0 aromatic heterocycles. The van der Waals surface area contributed by atoms with Crippen molar-refractivity contribution in [2.75, 3.05) is 0 Å². The number of hydrogen-bond donors (Lipinski definition) is 0. The van der Waals surface area contributed by atoms with Gasteiger partial charge in [0.15, 0.2) is 5.41 Å². The molecule has 2 nitrogen and oxygen atoms in total. The molecule has 0 radical (unpaired) electrons. The van der Waals surface area contributed by atoms with Gasteiger partial charge in [-0.2, -0.15) is 8.78 Å². The van der Waals surface area contributed by atoms with Gasteiger partial charge in [0.25, 0.3) is 0 Å². The average Bonchev–Trinajstić information content (AvgIpc) is 1.57. The minimum Gasteiger partial charge on any atom is -0.260 e. The number of carbonyl (C=O) groups is 2. The van der Waals surface area contributed by atoms with Crippen molar-refractivity contribution in [2.45, 2.75) is 19.3 Å². The SMILES string of the molecule is O=C(F)C1(C(=O)F)CCC1. The van der Waals surface area contributed by atoms with Crippen molar-refractivity contribution < 1.29 is 18.4 Å². The molecular weight excluding hydrogens is 142 g/mol. The Kier molecular flexibility index (Phi) is 1.54. The minimum absolute atomic E-state index is 0.0255. The molecule has 0 unspecified atom stereocenters. The highest BCUT2D eigenvalue weighted by molar-refractivity contribution is 5.99. The fourth-order valence-corrected chi connectivity index (χ4v) is 1.00. The third-order valence-corrected chi connectivity index (χ3v) is 1.96. The van der Waals surface area contributed by atoms with Gasteiger partial charge in [-0.15, -0.1) is 0 Å². The molecule has 1 aliphatic rings. The van der Waals surface area contributed by atoms with Crippen LogP contribution in [-0.2, 0) is 9.59 Å². The summed E-state index contributed by atoms with van der Waals surface area (Å²) in [5.74, 6) is 0. The summed E-state index contributed by atoms with van der Waals surface area (Å²) < 4.78 is 23.9. The molecule has 56 valence electrons. The highest BCUT2D eigenvalue weighted by atomic mass is 19.1. The molecule has 1 rings (SSSR count). The Morgan fingerprint density at radius 1 is 1.10 bits per heavy atom. The molecule has 4 heteroatoms. The van der Waals surface area contributed by atoms with Crippen molar-refractivity contribution >= 4 is 12.1 Å². The summed E-state index contributed by atoms with van der Waals surface area (Å²) in [7, 11) is 0. The molecule has 0 amide bonds. The standard InChI is InChI=1S/C6H6F2O2/c7-4(9)6(5(8)10)2-1-3-6/h1-3H2. The zero-order valence-corrected chi connectivity index (χ0v) is 5.19. The summed E-state index contributed by atoms with van der Waals surface area (Å²) in [6.45, 7) is 0. The van der Waals surface area contributed by atoms with Crippen LogP contribution >= 0.6 is 0 Å². The molecule has 0 atom stereocenters. The monoisotopic (exact) mass is 148 g/mol. The van der Waals surface area contributed by atoms with Gasteiger partial charge in [0.05, 0.1) is 0 Å². The topological polar surface area (TPSA) is 34.1 Å². The molecule has 1 aliphatic carbocycles. The van der Waals surface area contributed by atoms with Gasteiger partial charge >= 0.3 is 12.1 Å².